The normalized spacial score (nSPS) is 10.5. The number of nitro benzene ring substituents is 1. The van der Waals surface area contributed by atoms with E-state index in [4.69, 9.17) is 0 Å². The molecule has 22 heavy (non-hydrogen) atoms. The van der Waals surface area contributed by atoms with Crippen LogP contribution in [0.25, 0.3) is 5.69 Å². The van der Waals surface area contributed by atoms with Crippen LogP contribution in [-0.4, -0.2) is 52.5 Å². The number of likely N-dealkylation sites (N-methyl/N-ethyl adjacent to an activating group) is 2. The van der Waals surface area contributed by atoms with Gasteiger partial charge in [0.1, 0.15) is 5.69 Å². The third-order valence-corrected chi connectivity index (χ3v) is 3.25. The zero-order valence-electron chi connectivity index (χ0n) is 12.4. The summed E-state index contributed by atoms with van der Waals surface area (Å²) < 4.78 is 1.54. The Morgan fingerprint density at radius 3 is 2.86 bits per heavy atom. The van der Waals surface area contributed by atoms with Gasteiger partial charge in [0.2, 0.25) is 0 Å². The van der Waals surface area contributed by atoms with Gasteiger partial charge in [-0.15, -0.1) is 0 Å². The maximum Gasteiger partial charge on any atom is 0.294 e. The predicted molar refractivity (Wildman–Crippen MR) is 81.1 cm³/mol. The Hall–Kier alpha value is -2.74. The van der Waals surface area contributed by atoms with Gasteiger partial charge in [-0.3, -0.25) is 14.9 Å². The number of hydrogen-bond donors (Lipinski definition) is 1. The molecule has 0 aliphatic rings. The summed E-state index contributed by atoms with van der Waals surface area (Å²) in [7, 11) is 3.46. The van der Waals surface area contributed by atoms with Crippen LogP contribution in [0.3, 0.4) is 0 Å². The molecule has 0 aliphatic carbocycles. The molecule has 0 atom stereocenters. The molecule has 1 N–H and O–H groups in total. The van der Waals surface area contributed by atoms with E-state index >= 15 is 0 Å². The third kappa shape index (κ3) is 3.29. The summed E-state index contributed by atoms with van der Waals surface area (Å²) in [6, 6.07) is 4.44. The monoisotopic (exact) mass is 303 g/mol. The Bertz CT molecular complexity index is 669. The number of carbonyl (C=O) groups excluding carboxylic acids is 1. The van der Waals surface area contributed by atoms with Crippen LogP contribution in [-0.2, 0) is 0 Å². The van der Waals surface area contributed by atoms with Gasteiger partial charge in [-0.2, -0.15) is 0 Å². The molecule has 0 aliphatic heterocycles. The third-order valence-electron chi connectivity index (χ3n) is 3.25. The van der Waals surface area contributed by atoms with E-state index in [0.29, 0.717) is 18.8 Å². The molecule has 0 fully saturated rings. The standard InChI is InChI=1S/C14H17N5O3/c1-15-5-7-17(2)14(20)11-3-4-12(13(9-11)19(21)22)18-8-6-16-10-18/h3-4,6,8-10,15H,5,7H2,1-2H3. The highest BCUT2D eigenvalue weighted by Crippen LogP contribution is 2.24. The van der Waals surface area contributed by atoms with Gasteiger partial charge >= 0.3 is 0 Å². The fourth-order valence-corrected chi connectivity index (χ4v) is 2.02. The van der Waals surface area contributed by atoms with Crippen molar-refractivity contribution in [2.24, 2.45) is 0 Å². The van der Waals surface area contributed by atoms with Crippen LogP contribution in [0.2, 0.25) is 0 Å². The Morgan fingerprint density at radius 2 is 2.27 bits per heavy atom. The van der Waals surface area contributed by atoms with Crippen molar-refractivity contribution in [3.8, 4) is 5.69 Å². The number of nitrogens with one attached hydrogen (secondary N) is 1. The fraction of sp³-hybridized carbons (Fsp3) is 0.286. The minimum atomic E-state index is -0.500. The molecule has 8 heteroatoms. The molecule has 0 radical (unpaired) electrons. The van der Waals surface area contributed by atoms with Crippen LogP contribution >= 0.6 is 0 Å². The quantitative estimate of drug-likeness (QED) is 0.636. The lowest BCUT2D eigenvalue weighted by atomic mass is 10.1. The van der Waals surface area contributed by atoms with Crippen molar-refractivity contribution in [2.45, 2.75) is 0 Å². The number of carbonyl (C=O) groups is 1. The number of aromatic nitrogens is 2. The van der Waals surface area contributed by atoms with Crippen LogP contribution in [0.4, 0.5) is 5.69 Å². The summed E-state index contributed by atoms with van der Waals surface area (Å²) in [6.07, 6.45) is 4.63. The maximum absolute atomic E-state index is 12.3. The van der Waals surface area contributed by atoms with E-state index in [1.54, 1.807) is 32.4 Å². The highest BCUT2D eigenvalue weighted by atomic mass is 16.6. The van der Waals surface area contributed by atoms with E-state index in [0.717, 1.165) is 0 Å². The van der Waals surface area contributed by atoms with E-state index in [2.05, 4.69) is 10.3 Å². The Labute approximate surface area is 127 Å². The van der Waals surface area contributed by atoms with Gasteiger partial charge < -0.3 is 14.8 Å². The molecule has 0 saturated heterocycles. The summed E-state index contributed by atoms with van der Waals surface area (Å²) in [5.74, 6) is -0.254. The molecular formula is C14H17N5O3. The minimum absolute atomic E-state index is 0.133. The summed E-state index contributed by atoms with van der Waals surface area (Å²) in [5.41, 5.74) is 0.525. The number of imidazole rings is 1. The molecule has 1 aromatic carbocycles. The molecule has 1 aromatic heterocycles. The van der Waals surface area contributed by atoms with Crippen LogP contribution < -0.4 is 5.32 Å². The number of rotatable bonds is 6. The molecule has 116 valence electrons. The minimum Gasteiger partial charge on any atom is -0.340 e. The number of nitrogens with zero attached hydrogens (tertiary/aromatic N) is 4. The lowest BCUT2D eigenvalue weighted by Crippen LogP contribution is -2.32. The number of hydrogen-bond acceptors (Lipinski definition) is 5. The Morgan fingerprint density at radius 1 is 1.50 bits per heavy atom. The molecule has 1 amide bonds. The van der Waals surface area contributed by atoms with Crippen LogP contribution in [0, 0.1) is 10.1 Å². The second-order valence-electron chi connectivity index (χ2n) is 4.76. The van der Waals surface area contributed by atoms with Crippen molar-refractivity contribution in [3.05, 3.63) is 52.6 Å². The van der Waals surface area contributed by atoms with Crippen LogP contribution in [0.1, 0.15) is 10.4 Å². The zero-order chi connectivity index (χ0) is 16.1. The SMILES string of the molecule is CNCCN(C)C(=O)c1ccc(-n2ccnc2)c([N+](=O)[O-])c1. The largest absolute Gasteiger partial charge is 0.340 e. The van der Waals surface area contributed by atoms with Gasteiger partial charge in [-0.05, 0) is 19.2 Å². The van der Waals surface area contributed by atoms with Crippen molar-refractivity contribution in [1.82, 2.24) is 19.8 Å². The highest BCUT2D eigenvalue weighted by molar-refractivity contribution is 5.95. The van der Waals surface area contributed by atoms with Gasteiger partial charge in [0, 0.05) is 44.2 Å². The van der Waals surface area contributed by atoms with E-state index in [1.807, 2.05) is 0 Å². The smallest absolute Gasteiger partial charge is 0.294 e. The zero-order valence-corrected chi connectivity index (χ0v) is 12.4. The lowest BCUT2D eigenvalue weighted by molar-refractivity contribution is -0.384. The van der Waals surface area contributed by atoms with E-state index in [1.165, 1.54) is 28.1 Å². The van der Waals surface area contributed by atoms with E-state index in [-0.39, 0.29) is 17.2 Å². The van der Waals surface area contributed by atoms with Crippen molar-refractivity contribution < 1.29 is 9.72 Å². The molecule has 1 heterocycles. The van der Waals surface area contributed by atoms with E-state index < -0.39 is 4.92 Å². The predicted octanol–water partition coefficient (Wildman–Crippen LogP) is 1.07. The average Bonchev–Trinajstić information content (AvgIpc) is 3.05. The molecule has 0 bridgehead atoms. The molecule has 2 aromatic rings. The Kier molecular flexibility index (Phi) is 4.84. The summed E-state index contributed by atoms with van der Waals surface area (Å²) in [4.78, 5) is 28.4. The van der Waals surface area contributed by atoms with Crippen LogP contribution in [0.5, 0.6) is 0 Å². The summed E-state index contributed by atoms with van der Waals surface area (Å²) >= 11 is 0. The first kappa shape index (κ1) is 15.6. The fourth-order valence-electron chi connectivity index (χ4n) is 2.02. The second kappa shape index (κ2) is 6.81. The van der Waals surface area contributed by atoms with Crippen molar-refractivity contribution in [1.29, 1.82) is 0 Å². The molecule has 0 saturated carbocycles. The highest BCUT2D eigenvalue weighted by Gasteiger charge is 2.20. The second-order valence-corrected chi connectivity index (χ2v) is 4.76. The summed E-state index contributed by atoms with van der Waals surface area (Å²) in [6.45, 7) is 1.17. The molecule has 8 nitrogen and oxygen atoms in total. The first-order valence-electron chi connectivity index (χ1n) is 6.71. The van der Waals surface area contributed by atoms with Crippen molar-refractivity contribution in [2.75, 3.05) is 27.2 Å². The Balaban J connectivity index is 2.34. The molecule has 2 rings (SSSR count). The molecular weight excluding hydrogens is 286 g/mol. The van der Waals surface area contributed by atoms with Crippen LogP contribution in [0.15, 0.2) is 36.9 Å². The topological polar surface area (TPSA) is 93.3 Å². The maximum atomic E-state index is 12.3. The first-order valence-corrected chi connectivity index (χ1v) is 6.71. The van der Waals surface area contributed by atoms with Crippen molar-refractivity contribution >= 4 is 11.6 Å². The molecule has 0 spiro atoms. The van der Waals surface area contributed by atoms with Gasteiger partial charge in [0.25, 0.3) is 11.6 Å². The average molecular weight is 303 g/mol. The van der Waals surface area contributed by atoms with Crippen molar-refractivity contribution in [3.63, 3.8) is 0 Å². The number of amides is 1. The number of benzene rings is 1. The number of nitro groups is 1. The van der Waals surface area contributed by atoms with Gasteiger partial charge in [0.05, 0.1) is 11.3 Å². The van der Waals surface area contributed by atoms with Gasteiger partial charge in [-0.25, -0.2) is 4.98 Å². The first-order chi connectivity index (χ1) is 10.5. The van der Waals surface area contributed by atoms with E-state index in [9.17, 15) is 14.9 Å². The lowest BCUT2D eigenvalue weighted by Gasteiger charge is -2.17. The summed E-state index contributed by atoms with van der Waals surface area (Å²) in [5, 5.41) is 14.2. The van der Waals surface area contributed by atoms with Gasteiger partial charge in [0.15, 0.2) is 0 Å². The molecule has 0 unspecified atom stereocenters. The van der Waals surface area contributed by atoms with Gasteiger partial charge in [-0.1, -0.05) is 0 Å².